The summed E-state index contributed by atoms with van der Waals surface area (Å²) in [7, 11) is 1.45. The highest BCUT2D eigenvalue weighted by atomic mass is 16.5. The highest BCUT2D eigenvalue weighted by molar-refractivity contribution is 5.69. The van der Waals surface area contributed by atoms with Gasteiger partial charge in [-0.3, -0.25) is 4.79 Å². The van der Waals surface area contributed by atoms with Gasteiger partial charge in [0.05, 0.1) is 13.2 Å². The lowest BCUT2D eigenvalue weighted by Gasteiger charge is -2.63. The summed E-state index contributed by atoms with van der Waals surface area (Å²) in [5, 5.41) is 26.1. The first-order valence-electron chi connectivity index (χ1n) is 12.6. The van der Waals surface area contributed by atoms with Gasteiger partial charge < -0.3 is 14.9 Å². The molecule has 4 fully saturated rings. The van der Waals surface area contributed by atoms with E-state index in [0.29, 0.717) is 54.8 Å². The summed E-state index contributed by atoms with van der Waals surface area (Å²) in [5.41, 5.74) is 7.62. The van der Waals surface area contributed by atoms with Gasteiger partial charge in [0.1, 0.15) is 5.72 Å². The van der Waals surface area contributed by atoms with E-state index in [2.05, 4.69) is 30.8 Å². The maximum Gasteiger partial charge on any atom is 0.305 e. The minimum Gasteiger partial charge on any atom is -0.469 e. The normalized spacial score (nSPS) is 48.6. The molecule has 0 aromatic heterocycles. The molecule has 180 valence electrons. The van der Waals surface area contributed by atoms with Crippen molar-refractivity contribution in [2.75, 3.05) is 7.11 Å². The molecule has 0 bridgehead atoms. The molecule has 32 heavy (non-hydrogen) atoms. The van der Waals surface area contributed by atoms with Gasteiger partial charge in [0.2, 0.25) is 0 Å². The lowest BCUT2D eigenvalue weighted by Crippen LogP contribution is -2.59. The number of aliphatic hydroxyl groups excluding tert-OH is 1. The topological polar surface area (TPSA) is 116 Å². The van der Waals surface area contributed by atoms with Crippen LogP contribution in [-0.4, -0.2) is 35.1 Å². The zero-order valence-corrected chi connectivity index (χ0v) is 20.2. The maximum absolute atomic E-state index is 11.7. The molecule has 0 unspecified atom stereocenters. The van der Waals surface area contributed by atoms with E-state index < -0.39 is 5.72 Å². The summed E-state index contributed by atoms with van der Waals surface area (Å²) in [4.78, 5) is 14.6. The molecule has 0 amide bonds. The number of nitrogens with zero attached hydrogens (tertiary/aromatic N) is 3. The molecule has 0 aromatic carbocycles. The van der Waals surface area contributed by atoms with Crippen LogP contribution in [0.2, 0.25) is 0 Å². The Labute approximate surface area is 191 Å². The van der Waals surface area contributed by atoms with Crippen molar-refractivity contribution in [3.05, 3.63) is 10.4 Å². The maximum atomic E-state index is 11.7. The molecule has 7 heteroatoms. The van der Waals surface area contributed by atoms with E-state index in [1.54, 1.807) is 0 Å². The van der Waals surface area contributed by atoms with Crippen molar-refractivity contribution in [1.29, 1.82) is 0 Å². The van der Waals surface area contributed by atoms with Gasteiger partial charge in [-0.05, 0) is 110 Å². The molecule has 7 nitrogen and oxygen atoms in total. The SMILES string of the molecule is COC(=O)CC[C@@H](C)[C@H]1CC[C@H]2[C@@H]3CC[C@@H]4C[C@@](O)(N=[N+]=[N-])CC[C@]4(C)[C@H]3C[C@H](O)[C@]12C. The fourth-order valence-corrected chi connectivity index (χ4v) is 8.97. The van der Waals surface area contributed by atoms with Crippen LogP contribution < -0.4 is 0 Å². The van der Waals surface area contributed by atoms with Crippen molar-refractivity contribution < 1.29 is 19.7 Å². The van der Waals surface area contributed by atoms with E-state index in [1.807, 2.05) is 0 Å². The lowest BCUT2D eigenvalue weighted by atomic mass is 9.43. The van der Waals surface area contributed by atoms with Crippen LogP contribution >= 0.6 is 0 Å². The second kappa shape index (κ2) is 8.48. The quantitative estimate of drug-likeness (QED) is 0.261. The molecular formula is C25H41N3O4. The van der Waals surface area contributed by atoms with Crippen LogP contribution in [0, 0.1) is 46.3 Å². The van der Waals surface area contributed by atoms with Crippen LogP contribution in [0.1, 0.15) is 85.0 Å². The average Bonchev–Trinajstić information content (AvgIpc) is 3.12. The monoisotopic (exact) mass is 447 g/mol. The number of esters is 1. The number of azide groups is 1. The Morgan fingerprint density at radius 3 is 2.66 bits per heavy atom. The number of methoxy groups -OCH3 is 1. The zero-order valence-electron chi connectivity index (χ0n) is 20.2. The first-order valence-corrected chi connectivity index (χ1v) is 12.6. The third-order valence-corrected chi connectivity index (χ3v) is 10.8. The van der Waals surface area contributed by atoms with E-state index in [-0.39, 0.29) is 22.9 Å². The van der Waals surface area contributed by atoms with Crippen LogP contribution in [-0.2, 0) is 9.53 Å². The molecule has 4 aliphatic carbocycles. The molecule has 4 saturated carbocycles. The molecule has 0 aromatic rings. The van der Waals surface area contributed by atoms with Crippen molar-refractivity contribution >= 4 is 5.97 Å². The van der Waals surface area contributed by atoms with Gasteiger partial charge >= 0.3 is 5.97 Å². The van der Waals surface area contributed by atoms with Crippen LogP contribution in [0.5, 0.6) is 0 Å². The average molecular weight is 448 g/mol. The van der Waals surface area contributed by atoms with Gasteiger partial charge in [-0.1, -0.05) is 25.9 Å². The predicted molar refractivity (Wildman–Crippen MR) is 121 cm³/mol. The number of fused-ring (bicyclic) bond motifs is 5. The van der Waals surface area contributed by atoms with E-state index >= 15 is 0 Å². The summed E-state index contributed by atoms with van der Waals surface area (Å²) in [5.74, 6) is 2.57. The first kappa shape index (κ1) is 23.8. The fraction of sp³-hybridized carbons (Fsp3) is 0.960. The van der Waals surface area contributed by atoms with Crippen LogP contribution in [0.3, 0.4) is 0 Å². The summed E-state index contributed by atoms with van der Waals surface area (Å²) < 4.78 is 4.85. The first-order chi connectivity index (χ1) is 15.1. The molecule has 0 aliphatic heterocycles. The number of rotatable bonds is 5. The van der Waals surface area contributed by atoms with E-state index in [1.165, 1.54) is 7.11 Å². The highest BCUT2D eigenvalue weighted by Crippen LogP contribution is 2.69. The minimum atomic E-state index is -1.25. The molecular weight excluding hydrogens is 406 g/mol. The molecule has 4 aliphatic rings. The lowest BCUT2D eigenvalue weighted by molar-refractivity contribution is -0.185. The van der Waals surface area contributed by atoms with Gasteiger partial charge in [-0.2, -0.15) is 0 Å². The van der Waals surface area contributed by atoms with Crippen molar-refractivity contribution in [1.82, 2.24) is 0 Å². The number of carbonyl (C=O) groups excluding carboxylic acids is 1. The molecule has 0 radical (unpaired) electrons. The van der Waals surface area contributed by atoms with Crippen molar-refractivity contribution in [3.63, 3.8) is 0 Å². The smallest absolute Gasteiger partial charge is 0.305 e. The van der Waals surface area contributed by atoms with Crippen LogP contribution in [0.15, 0.2) is 5.11 Å². The van der Waals surface area contributed by atoms with Gasteiger partial charge in [-0.15, -0.1) is 0 Å². The Morgan fingerprint density at radius 2 is 1.97 bits per heavy atom. The molecule has 4 rings (SSSR count). The molecule has 10 atom stereocenters. The van der Waals surface area contributed by atoms with E-state index in [0.717, 1.165) is 44.9 Å². The van der Waals surface area contributed by atoms with E-state index in [4.69, 9.17) is 10.3 Å². The highest BCUT2D eigenvalue weighted by Gasteiger charge is 2.64. The second-order valence-electron chi connectivity index (χ2n) is 11.9. The van der Waals surface area contributed by atoms with Gasteiger partial charge in [-0.25, -0.2) is 0 Å². The number of aliphatic hydroxyl groups is 2. The van der Waals surface area contributed by atoms with Gasteiger partial charge in [0, 0.05) is 11.3 Å². The van der Waals surface area contributed by atoms with E-state index in [9.17, 15) is 15.0 Å². The number of hydrogen-bond acceptors (Lipinski definition) is 5. The van der Waals surface area contributed by atoms with Crippen molar-refractivity contribution in [2.24, 2.45) is 51.5 Å². The van der Waals surface area contributed by atoms with Crippen LogP contribution in [0.25, 0.3) is 10.4 Å². The molecule has 2 N–H and O–H groups in total. The molecule has 0 heterocycles. The van der Waals surface area contributed by atoms with Crippen molar-refractivity contribution in [3.8, 4) is 0 Å². The number of hydrogen-bond donors (Lipinski definition) is 2. The molecule has 0 spiro atoms. The standard InChI is InChI=1S/C25H41N3O4/c1-15(5-10-22(30)32-4)18-8-9-19-17-7-6-16-14-25(31,27-28-26)12-11-23(16,2)20(17)13-21(29)24(18,19)3/h15-21,29,31H,5-14H2,1-4H3/t15-,16-,17+,18-,19+,20+,21+,23+,24-,25-/m1/s1. The molecule has 0 saturated heterocycles. The second-order valence-corrected chi connectivity index (χ2v) is 11.9. The summed E-state index contributed by atoms with van der Waals surface area (Å²) >= 11 is 0. The Balaban J connectivity index is 1.53. The summed E-state index contributed by atoms with van der Waals surface area (Å²) in [6, 6.07) is 0. The fourth-order valence-electron chi connectivity index (χ4n) is 8.97. The summed E-state index contributed by atoms with van der Waals surface area (Å²) in [6.45, 7) is 6.93. The zero-order chi connectivity index (χ0) is 23.3. The third kappa shape index (κ3) is 3.65. The minimum absolute atomic E-state index is 0.0804. The number of carbonyl (C=O) groups is 1. The Hall–Kier alpha value is -1.30. The number of ether oxygens (including phenoxy) is 1. The third-order valence-electron chi connectivity index (χ3n) is 10.8. The van der Waals surface area contributed by atoms with Crippen molar-refractivity contribution in [2.45, 2.75) is 96.8 Å². The Bertz CT molecular complexity index is 785. The predicted octanol–water partition coefficient (Wildman–Crippen LogP) is 5.20. The Kier molecular flexibility index (Phi) is 6.32. The summed E-state index contributed by atoms with van der Waals surface area (Å²) in [6.07, 6.45) is 8.14. The van der Waals surface area contributed by atoms with Gasteiger partial charge in [0.25, 0.3) is 0 Å². The largest absolute Gasteiger partial charge is 0.469 e. The Morgan fingerprint density at radius 1 is 1.22 bits per heavy atom. The van der Waals surface area contributed by atoms with Crippen LogP contribution in [0.4, 0.5) is 0 Å². The van der Waals surface area contributed by atoms with Gasteiger partial charge in [0.15, 0.2) is 0 Å².